The van der Waals surface area contributed by atoms with E-state index in [9.17, 15) is 32.9 Å². The monoisotopic (exact) mass is 586 g/mol. The van der Waals surface area contributed by atoms with E-state index in [1.54, 1.807) is 0 Å². The summed E-state index contributed by atoms with van der Waals surface area (Å²) in [6.45, 7) is 1.02. The second kappa shape index (κ2) is 13.4. The molecular formula is C4H24N2O16P4Pd. The summed E-state index contributed by atoms with van der Waals surface area (Å²) >= 11 is 0. The maximum atomic E-state index is 10.3. The number of rotatable bonds is 4. The Balaban J connectivity index is -0.0000000500. The van der Waals surface area contributed by atoms with Crippen molar-refractivity contribution < 1.29 is 99.7 Å². The maximum absolute atomic E-state index is 10.3. The second-order valence-electron chi connectivity index (χ2n) is 4.29. The molecule has 0 spiro atoms. The van der Waals surface area contributed by atoms with Crippen LogP contribution in [0, 0.1) is 0 Å². The summed E-state index contributed by atoms with van der Waals surface area (Å²) in [5.74, 6) is 0. The number of hydrogen-bond acceptors (Lipinski definition) is 9. The van der Waals surface area contributed by atoms with Gasteiger partial charge in [-0.1, -0.05) is 0 Å². The average Bonchev–Trinajstić information content (AvgIpc) is 2.10. The van der Waals surface area contributed by atoms with Crippen molar-refractivity contribution in [2.75, 3.05) is 0 Å². The Morgan fingerprint density at radius 2 is 0.815 bits per heavy atom. The van der Waals surface area contributed by atoms with Crippen LogP contribution in [0.4, 0.5) is 0 Å². The van der Waals surface area contributed by atoms with Crippen molar-refractivity contribution in [3.05, 3.63) is 0 Å². The first-order chi connectivity index (χ1) is 9.00. The van der Waals surface area contributed by atoms with Gasteiger partial charge in [0.05, 0.1) is 0 Å². The van der Waals surface area contributed by atoms with Crippen LogP contribution in [-0.4, -0.2) is 50.9 Å². The predicted octanol–water partition coefficient (Wildman–Crippen LogP) is -7.35. The van der Waals surface area contributed by atoms with Gasteiger partial charge >= 0.3 is 28.0 Å². The summed E-state index contributed by atoms with van der Waals surface area (Å²) in [4.78, 5) is 72.1. The summed E-state index contributed by atoms with van der Waals surface area (Å²) in [6.07, 6.45) is 0. The molecule has 18 N–H and O–H groups in total. The predicted molar refractivity (Wildman–Crippen MR) is 82.4 cm³/mol. The number of hydrogen-bond donors (Lipinski definition) is 7. The van der Waals surface area contributed by atoms with Gasteiger partial charge in [0.1, 0.15) is 5.02 Å². The van der Waals surface area contributed by atoms with E-state index in [1.165, 1.54) is 0 Å². The van der Waals surface area contributed by atoms with E-state index >= 15 is 0 Å². The van der Waals surface area contributed by atoms with E-state index in [0.717, 1.165) is 0 Å². The topological polar surface area (TPSA) is 418 Å². The van der Waals surface area contributed by atoms with E-state index in [-0.39, 0.29) is 42.3 Å². The third-order valence-electron chi connectivity index (χ3n) is 2.31. The van der Waals surface area contributed by atoms with E-state index in [0.29, 0.717) is 13.8 Å². The molecule has 4 atom stereocenters. The summed E-state index contributed by atoms with van der Waals surface area (Å²) in [5.41, 5.74) is 9.30. The SMILES string of the molecule is CC(N)(P(=O)([O-])O)P(=O)([O-])O.C[C@@](N)(P(=O)([O-])O)P(=O)(O)O.O.O.O.[OH3+].[Pd+2]. The molecule has 0 aromatic rings. The van der Waals surface area contributed by atoms with Crippen LogP contribution in [-0.2, 0) is 44.2 Å². The fourth-order valence-corrected chi connectivity index (χ4v) is 2.92. The molecule has 0 rings (SSSR count). The Morgan fingerprint density at radius 1 is 0.667 bits per heavy atom. The van der Waals surface area contributed by atoms with Crippen LogP contribution >= 0.6 is 30.4 Å². The zero-order chi connectivity index (χ0) is 19.0. The van der Waals surface area contributed by atoms with Gasteiger partial charge in [-0.3, -0.25) is 4.57 Å². The molecule has 0 aliphatic carbocycles. The van der Waals surface area contributed by atoms with Crippen LogP contribution in [0.2, 0.25) is 0 Å². The summed E-state index contributed by atoms with van der Waals surface area (Å²) < 4.78 is 41.1. The van der Waals surface area contributed by atoms with Gasteiger partial charge in [-0.15, -0.1) is 0 Å². The van der Waals surface area contributed by atoms with Gasteiger partial charge in [-0.05, 0) is 13.8 Å². The van der Waals surface area contributed by atoms with Gasteiger partial charge in [0, 0.05) is 0 Å². The first kappa shape index (κ1) is 46.3. The minimum atomic E-state index is -5.29. The Morgan fingerprint density at radius 3 is 0.815 bits per heavy atom. The van der Waals surface area contributed by atoms with Gasteiger partial charge in [0.15, 0.2) is 27.8 Å². The number of nitrogens with two attached hydrogens (primary N) is 2. The van der Waals surface area contributed by atoms with E-state index < -0.39 is 40.4 Å². The molecular weight excluding hydrogens is 562 g/mol. The third kappa shape index (κ3) is 12.3. The first-order valence-corrected chi connectivity index (χ1v) is 11.1. The van der Waals surface area contributed by atoms with Crippen molar-refractivity contribution in [3.8, 4) is 0 Å². The molecule has 0 saturated carbocycles. The van der Waals surface area contributed by atoms with Crippen LogP contribution in [0.25, 0.3) is 0 Å². The fourth-order valence-electron chi connectivity index (χ4n) is 0.324. The normalized spacial score (nSPS) is 21.2. The van der Waals surface area contributed by atoms with E-state index in [2.05, 4.69) is 11.5 Å². The van der Waals surface area contributed by atoms with E-state index in [4.69, 9.17) is 24.5 Å². The van der Waals surface area contributed by atoms with Crippen molar-refractivity contribution >= 4 is 30.4 Å². The van der Waals surface area contributed by atoms with Crippen molar-refractivity contribution in [2.24, 2.45) is 11.5 Å². The smallest absolute Gasteiger partial charge is 0.777 e. The van der Waals surface area contributed by atoms with Crippen LogP contribution < -0.4 is 26.1 Å². The molecule has 0 saturated heterocycles. The largest absolute Gasteiger partial charge is 2.00 e. The zero-order valence-corrected chi connectivity index (χ0v) is 18.6. The Bertz CT molecular complexity index is 483. The summed E-state index contributed by atoms with van der Waals surface area (Å²) in [6, 6.07) is 0. The summed E-state index contributed by atoms with van der Waals surface area (Å²) in [5, 5.41) is -5.92. The second-order valence-corrected chi connectivity index (χ2v) is 12.9. The molecule has 0 fully saturated rings. The van der Waals surface area contributed by atoms with Gasteiger partial charge in [0.25, 0.3) is 0 Å². The molecule has 0 bridgehead atoms. The van der Waals surface area contributed by atoms with Gasteiger partial charge in [-0.2, -0.15) is 0 Å². The van der Waals surface area contributed by atoms with Gasteiger partial charge < -0.3 is 86.2 Å². The zero-order valence-electron chi connectivity index (χ0n) is 13.4. The molecule has 27 heavy (non-hydrogen) atoms. The Labute approximate surface area is 165 Å². The maximum Gasteiger partial charge on any atom is 2.00 e. The molecule has 0 aromatic heterocycles. The van der Waals surface area contributed by atoms with E-state index in [1.807, 2.05) is 0 Å². The first-order valence-electron chi connectivity index (χ1n) is 4.75. The van der Waals surface area contributed by atoms with Gasteiger partial charge in [-0.25, -0.2) is 0 Å². The molecule has 0 amide bonds. The molecule has 0 heterocycles. The summed E-state index contributed by atoms with van der Waals surface area (Å²) in [7, 11) is -20.8. The molecule has 0 radical (unpaired) electrons. The molecule has 18 nitrogen and oxygen atoms in total. The minimum Gasteiger partial charge on any atom is -0.777 e. The standard InChI is InChI=1S/2C2H9NO6P2.4H2O.Pd/c2*1-2(3,10(4,5)6)11(7,8)9;;;;;/h2*3H2,1H3,(H2,4,5,6)(H2,7,8,9);4*1H2;/q;;;;;;+2/p-2. The van der Waals surface area contributed by atoms with Crippen molar-refractivity contribution in [1.29, 1.82) is 0 Å². The molecule has 0 aliphatic rings. The van der Waals surface area contributed by atoms with Crippen molar-refractivity contribution in [3.63, 3.8) is 0 Å². The quantitative estimate of drug-likeness (QED) is 0.0913. The molecule has 23 heteroatoms. The Hall–Kier alpha value is 1.02. The fraction of sp³-hybridized carbons (Fsp3) is 1.00. The molecule has 0 aromatic carbocycles. The van der Waals surface area contributed by atoms with Crippen LogP contribution in [0.5, 0.6) is 0 Å². The Kier molecular flexibility index (Phi) is 22.9. The van der Waals surface area contributed by atoms with Crippen molar-refractivity contribution in [2.45, 2.75) is 23.9 Å². The van der Waals surface area contributed by atoms with Crippen LogP contribution in [0.1, 0.15) is 13.8 Å². The molecule has 3 unspecified atom stereocenters. The van der Waals surface area contributed by atoms with Crippen LogP contribution in [0.15, 0.2) is 0 Å². The molecule has 176 valence electrons. The average molecular weight is 587 g/mol. The van der Waals surface area contributed by atoms with Crippen molar-refractivity contribution in [1.82, 2.24) is 0 Å². The van der Waals surface area contributed by atoms with Crippen LogP contribution in [0.3, 0.4) is 0 Å². The third-order valence-corrected chi connectivity index (χ3v) is 9.97. The van der Waals surface area contributed by atoms with Gasteiger partial charge in [0.2, 0.25) is 0 Å². The molecule has 0 aliphatic heterocycles. The minimum absolute atomic E-state index is 0.